The zero-order chi connectivity index (χ0) is 28.8. The highest BCUT2D eigenvalue weighted by Gasteiger charge is 2.17. The van der Waals surface area contributed by atoms with Crippen LogP contribution in [0.2, 0.25) is 0 Å². The highest BCUT2D eigenvalue weighted by molar-refractivity contribution is 6.21. The third-order valence-electron chi connectivity index (χ3n) is 8.50. The van der Waals surface area contributed by atoms with Crippen LogP contribution in [-0.4, -0.2) is 11.5 Å². The second-order valence-corrected chi connectivity index (χ2v) is 11.3. The summed E-state index contributed by atoms with van der Waals surface area (Å²) >= 11 is 0. The van der Waals surface area contributed by atoms with Gasteiger partial charge in [-0.3, -0.25) is 0 Å². The zero-order valence-corrected chi connectivity index (χ0v) is 24.0. The average molecular weight is 551 g/mol. The molecule has 1 aliphatic heterocycles. The Morgan fingerprint density at radius 1 is 0.535 bits per heavy atom. The lowest BCUT2D eigenvalue weighted by atomic mass is 9.85. The summed E-state index contributed by atoms with van der Waals surface area (Å²) < 4.78 is 0. The van der Waals surface area contributed by atoms with Crippen LogP contribution in [0.5, 0.6) is 0 Å². The molecule has 7 aromatic rings. The van der Waals surface area contributed by atoms with Crippen LogP contribution in [0.3, 0.4) is 0 Å². The summed E-state index contributed by atoms with van der Waals surface area (Å²) in [6.45, 7) is 3.02. The smallest absolute Gasteiger partial charge is 0.0723 e. The number of aryl methyl sites for hydroxylation is 1. The zero-order valence-electron chi connectivity index (χ0n) is 24.0. The second-order valence-electron chi connectivity index (χ2n) is 11.3. The van der Waals surface area contributed by atoms with E-state index in [1.807, 2.05) is 6.20 Å². The Morgan fingerprint density at radius 3 is 1.74 bits per heavy atom. The number of hydrogen-bond acceptors (Lipinski definition) is 2. The molecule has 0 aliphatic carbocycles. The monoisotopic (exact) mass is 550 g/mol. The van der Waals surface area contributed by atoms with Crippen molar-refractivity contribution in [1.29, 1.82) is 0 Å². The molecule has 8 rings (SSSR count). The molecule has 2 heteroatoms. The van der Waals surface area contributed by atoms with Crippen LogP contribution in [0.4, 0.5) is 0 Å². The van der Waals surface area contributed by atoms with Crippen LogP contribution in [0.1, 0.15) is 11.3 Å². The van der Waals surface area contributed by atoms with Crippen molar-refractivity contribution in [1.82, 2.24) is 10.3 Å². The van der Waals surface area contributed by atoms with Crippen LogP contribution >= 0.6 is 0 Å². The van der Waals surface area contributed by atoms with E-state index in [1.54, 1.807) is 0 Å². The molecule has 0 fully saturated rings. The number of pyridine rings is 1. The molecule has 6 aromatic carbocycles. The summed E-state index contributed by atoms with van der Waals surface area (Å²) in [5.74, 6) is 0. The summed E-state index contributed by atoms with van der Waals surface area (Å²) in [4.78, 5) is 4.99. The third kappa shape index (κ3) is 4.49. The van der Waals surface area contributed by atoms with Gasteiger partial charge in [0.1, 0.15) is 0 Å². The van der Waals surface area contributed by atoms with Crippen molar-refractivity contribution < 1.29 is 0 Å². The maximum atomic E-state index is 4.99. The van der Waals surface area contributed by atoms with Crippen molar-refractivity contribution in [3.63, 3.8) is 0 Å². The van der Waals surface area contributed by atoms with E-state index >= 15 is 0 Å². The van der Waals surface area contributed by atoms with Gasteiger partial charge in [0.2, 0.25) is 0 Å². The summed E-state index contributed by atoms with van der Waals surface area (Å²) in [6, 6.07) is 46.4. The first kappa shape index (κ1) is 25.3. The van der Waals surface area contributed by atoms with Crippen LogP contribution < -0.4 is 5.32 Å². The molecule has 0 bridgehead atoms. The molecule has 2 heterocycles. The van der Waals surface area contributed by atoms with Gasteiger partial charge in [-0.15, -0.1) is 0 Å². The van der Waals surface area contributed by atoms with E-state index in [2.05, 4.69) is 152 Å². The van der Waals surface area contributed by atoms with Gasteiger partial charge in [-0.05, 0) is 85.8 Å². The molecule has 1 aliphatic rings. The Labute approximate surface area is 251 Å². The molecular formula is C41H30N2. The Hall–Kier alpha value is -5.47. The number of nitrogens with one attached hydrogen (secondary N) is 1. The standard InChI is InChI=1S/C41H30N2/c1-27-9-6-10-31(23-27)40-34-12-2-4-14-36(34)41(37-15-5-3-13-35(37)40)32-21-19-28-24-30(20-18-29(28)25-32)38-16-7-17-39(43-38)33-11-8-22-42-26-33/h2-21,23-26,42H,22H2,1H3. The molecule has 0 radical (unpaired) electrons. The minimum atomic E-state index is 0.859. The van der Waals surface area contributed by atoms with Gasteiger partial charge in [0.25, 0.3) is 0 Å². The number of benzene rings is 6. The SMILES string of the molecule is Cc1cccc(-c2c3ccccc3c(-c3ccc4cc(-c5cccc(C6=CNCC=C6)n5)ccc4c3)c3ccccc23)c1. The molecule has 0 amide bonds. The van der Waals surface area contributed by atoms with E-state index in [9.17, 15) is 0 Å². The van der Waals surface area contributed by atoms with Crippen molar-refractivity contribution in [2.75, 3.05) is 6.54 Å². The van der Waals surface area contributed by atoms with Gasteiger partial charge in [-0.25, -0.2) is 4.98 Å². The molecule has 204 valence electrons. The first-order chi connectivity index (χ1) is 21.2. The van der Waals surface area contributed by atoms with Crippen molar-refractivity contribution in [2.45, 2.75) is 6.92 Å². The van der Waals surface area contributed by atoms with E-state index in [0.717, 1.165) is 29.1 Å². The van der Waals surface area contributed by atoms with Gasteiger partial charge >= 0.3 is 0 Å². The first-order valence-corrected chi connectivity index (χ1v) is 14.9. The van der Waals surface area contributed by atoms with Gasteiger partial charge in [0.15, 0.2) is 0 Å². The molecule has 1 N–H and O–H groups in total. The summed E-state index contributed by atoms with van der Waals surface area (Å²) in [7, 11) is 0. The van der Waals surface area contributed by atoms with Gasteiger partial charge in [-0.1, -0.05) is 121 Å². The van der Waals surface area contributed by atoms with Crippen LogP contribution in [0, 0.1) is 6.92 Å². The molecular weight excluding hydrogens is 520 g/mol. The number of nitrogens with zero attached hydrogens (tertiary/aromatic N) is 1. The summed E-state index contributed by atoms with van der Waals surface area (Å²) in [5, 5.41) is 10.8. The summed E-state index contributed by atoms with van der Waals surface area (Å²) in [5.41, 5.74) is 10.5. The highest BCUT2D eigenvalue weighted by Crippen LogP contribution is 2.44. The second kappa shape index (κ2) is 10.4. The van der Waals surface area contributed by atoms with Gasteiger partial charge in [0.05, 0.1) is 11.4 Å². The number of fused-ring (bicyclic) bond motifs is 3. The van der Waals surface area contributed by atoms with Crippen LogP contribution in [0.25, 0.3) is 71.4 Å². The van der Waals surface area contributed by atoms with E-state index in [1.165, 1.54) is 60.1 Å². The predicted molar refractivity (Wildman–Crippen MR) is 183 cm³/mol. The minimum Gasteiger partial charge on any atom is -0.387 e. The van der Waals surface area contributed by atoms with E-state index in [-0.39, 0.29) is 0 Å². The molecule has 0 saturated carbocycles. The number of rotatable bonds is 4. The number of dihydropyridines is 1. The molecule has 0 spiro atoms. The normalized spacial score (nSPS) is 12.9. The topological polar surface area (TPSA) is 24.9 Å². The van der Waals surface area contributed by atoms with Gasteiger partial charge < -0.3 is 5.32 Å². The lowest BCUT2D eigenvalue weighted by molar-refractivity contribution is 0.974. The maximum absolute atomic E-state index is 4.99. The van der Waals surface area contributed by atoms with Crippen molar-refractivity contribution in [3.8, 4) is 33.5 Å². The fraction of sp³-hybridized carbons (Fsp3) is 0.0488. The number of hydrogen-bond donors (Lipinski definition) is 1. The van der Waals surface area contributed by atoms with Gasteiger partial charge in [-0.2, -0.15) is 0 Å². The average Bonchev–Trinajstić information content (AvgIpc) is 3.07. The minimum absolute atomic E-state index is 0.859. The lowest BCUT2D eigenvalue weighted by Gasteiger charge is -2.18. The third-order valence-corrected chi connectivity index (χ3v) is 8.50. The van der Waals surface area contributed by atoms with Crippen molar-refractivity contribution in [3.05, 3.63) is 157 Å². The highest BCUT2D eigenvalue weighted by atomic mass is 14.8. The predicted octanol–water partition coefficient (Wildman–Crippen LogP) is 10.4. The van der Waals surface area contributed by atoms with Crippen LogP contribution in [0.15, 0.2) is 146 Å². The Morgan fingerprint density at radius 2 is 1.12 bits per heavy atom. The Bertz CT molecular complexity index is 2200. The Balaban J connectivity index is 1.28. The molecule has 0 atom stereocenters. The van der Waals surface area contributed by atoms with E-state index in [4.69, 9.17) is 4.98 Å². The van der Waals surface area contributed by atoms with Crippen molar-refractivity contribution in [2.24, 2.45) is 0 Å². The number of allylic oxidation sites excluding steroid dienone is 2. The molecule has 0 saturated heterocycles. The fourth-order valence-corrected chi connectivity index (χ4v) is 6.50. The van der Waals surface area contributed by atoms with E-state index in [0.29, 0.717) is 0 Å². The quantitative estimate of drug-likeness (QED) is 0.221. The van der Waals surface area contributed by atoms with Crippen molar-refractivity contribution >= 4 is 37.9 Å². The fourth-order valence-electron chi connectivity index (χ4n) is 6.50. The van der Waals surface area contributed by atoms with E-state index < -0.39 is 0 Å². The largest absolute Gasteiger partial charge is 0.387 e. The Kier molecular flexibility index (Phi) is 6.12. The van der Waals surface area contributed by atoms with Crippen LogP contribution in [-0.2, 0) is 0 Å². The molecule has 43 heavy (non-hydrogen) atoms. The van der Waals surface area contributed by atoms with Gasteiger partial charge in [0, 0.05) is 23.9 Å². The maximum Gasteiger partial charge on any atom is 0.0723 e. The molecule has 2 nitrogen and oxygen atoms in total. The summed E-state index contributed by atoms with van der Waals surface area (Å²) in [6.07, 6.45) is 6.29. The molecule has 1 aromatic heterocycles. The first-order valence-electron chi connectivity index (χ1n) is 14.9. The number of aromatic nitrogens is 1. The lowest BCUT2D eigenvalue weighted by Crippen LogP contribution is -2.09. The molecule has 0 unspecified atom stereocenters.